The summed E-state index contributed by atoms with van der Waals surface area (Å²) in [5, 5.41) is 12.7. The molecule has 1 atom stereocenters. The molecule has 0 saturated heterocycles. The van der Waals surface area contributed by atoms with Crippen LogP contribution < -0.4 is 5.32 Å². The second-order valence-corrected chi connectivity index (χ2v) is 7.45. The molecule has 3 rings (SSSR count). The van der Waals surface area contributed by atoms with E-state index in [0.29, 0.717) is 11.6 Å². The van der Waals surface area contributed by atoms with E-state index in [1.54, 1.807) is 0 Å². The van der Waals surface area contributed by atoms with Gasteiger partial charge in [0.05, 0.1) is 17.3 Å². The number of hydrogen-bond acceptors (Lipinski definition) is 6. The summed E-state index contributed by atoms with van der Waals surface area (Å²) in [6.07, 6.45) is 2.56. The fourth-order valence-electron chi connectivity index (χ4n) is 3.00. The first-order valence-electron chi connectivity index (χ1n) is 9.01. The van der Waals surface area contributed by atoms with Crippen LogP contribution in [0, 0.1) is 0 Å². The Labute approximate surface area is 161 Å². The Morgan fingerprint density at radius 1 is 1.26 bits per heavy atom. The van der Waals surface area contributed by atoms with Crippen molar-refractivity contribution in [2.45, 2.75) is 44.3 Å². The van der Waals surface area contributed by atoms with Gasteiger partial charge in [0.1, 0.15) is 5.52 Å². The van der Waals surface area contributed by atoms with Crippen molar-refractivity contribution >= 4 is 45.5 Å². The normalized spacial score (nSPS) is 12.4. The topological polar surface area (TPSA) is 89.8 Å². The summed E-state index contributed by atoms with van der Waals surface area (Å²) in [5.74, 6) is -0.0683. The number of fused-ring (bicyclic) bond motifs is 3. The number of amides is 1. The van der Waals surface area contributed by atoms with E-state index in [4.69, 9.17) is 0 Å². The molecule has 0 unspecified atom stereocenters. The van der Waals surface area contributed by atoms with E-state index in [1.807, 2.05) is 35.9 Å². The lowest BCUT2D eigenvalue weighted by Gasteiger charge is -2.15. The molecule has 142 valence electrons. The van der Waals surface area contributed by atoms with Crippen molar-refractivity contribution in [3.63, 3.8) is 0 Å². The summed E-state index contributed by atoms with van der Waals surface area (Å²) in [4.78, 5) is 28.4. The Hall–Kier alpha value is -2.48. The number of para-hydroxylation sites is 1. The summed E-state index contributed by atoms with van der Waals surface area (Å²) >= 11 is 1.22. The van der Waals surface area contributed by atoms with E-state index in [2.05, 4.69) is 27.4 Å². The fourth-order valence-corrected chi connectivity index (χ4v) is 3.60. The van der Waals surface area contributed by atoms with Gasteiger partial charge in [0.25, 0.3) is 0 Å². The van der Waals surface area contributed by atoms with Crippen LogP contribution in [-0.2, 0) is 16.6 Å². The minimum Gasteiger partial charge on any atom is -0.346 e. The number of rotatable bonds is 8. The zero-order valence-corrected chi connectivity index (χ0v) is 16.5. The average Bonchev–Trinajstić information content (AvgIpc) is 2.95. The molecule has 1 N–H and O–H groups in total. The van der Waals surface area contributed by atoms with Gasteiger partial charge in [0.2, 0.25) is 11.1 Å². The van der Waals surface area contributed by atoms with Gasteiger partial charge in [-0.05, 0) is 19.4 Å². The van der Waals surface area contributed by atoms with Crippen molar-refractivity contribution < 1.29 is 9.59 Å². The predicted octanol–water partition coefficient (Wildman–Crippen LogP) is 2.87. The number of thioether (sulfide) groups is 1. The minimum atomic E-state index is -0.419. The molecule has 7 nitrogen and oxygen atoms in total. The van der Waals surface area contributed by atoms with Gasteiger partial charge in [0.15, 0.2) is 11.4 Å². The number of benzene rings is 1. The Balaban J connectivity index is 1.70. The molecule has 1 amide bonds. The van der Waals surface area contributed by atoms with E-state index >= 15 is 0 Å². The Morgan fingerprint density at radius 2 is 2.04 bits per heavy atom. The van der Waals surface area contributed by atoms with Gasteiger partial charge in [-0.2, -0.15) is 0 Å². The number of carbonyl (C=O) groups excluding carboxylic acids is 2. The van der Waals surface area contributed by atoms with Crippen LogP contribution in [0.4, 0.5) is 0 Å². The number of nitrogens with one attached hydrogen (secondary N) is 1. The van der Waals surface area contributed by atoms with E-state index < -0.39 is 6.04 Å². The summed E-state index contributed by atoms with van der Waals surface area (Å²) in [5.41, 5.74) is 2.52. The highest BCUT2D eigenvalue weighted by Gasteiger charge is 2.17. The quantitative estimate of drug-likeness (QED) is 0.600. The predicted molar refractivity (Wildman–Crippen MR) is 107 cm³/mol. The van der Waals surface area contributed by atoms with Crippen LogP contribution in [0.3, 0.4) is 0 Å². The lowest BCUT2D eigenvalue weighted by atomic mass is 10.1. The molecule has 0 aliphatic carbocycles. The van der Waals surface area contributed by atoms with E-state index in [-0.39, 0.29) is 17.4 Å². The average molecular weight is 385 g/mol. The number of carbonyl (C=O) groups is 2. The van der Waals surface area contributed by atoms with Crippen LogP contribution in [-0.4, -0.2) is 43.2 Å². The highest BCUT2D eigenvalue weighted by Crippen LogP contribution is 2.25. The highest BCUT2D eigenvalue weighted by atomic mass is 32.2. The first-order valence-corrected chi connectivity index (χ1v) is 10.00. The number of aryl methyl sites for hydroxylation is 1. The monoisotopic (exact) mass is 385 g/mol. The highest BCUT2D eigenvalue weighted by molar-refractivity contribution is 7.99. The molecule has 0 spiro atoms. The molecule has 0 aliphatic heterocycles. The first-order chi connectivity index (χ1) is 13.0. The van der Waals surface area contributed by atoms with Gasteiger partial charge in [-0.3, -0.25) is 9.59 Å². The zero-order valence-electron chi connectivity index (χ0n) is 15.7. The minimum absolute atomic E-state index is 0.0170. The largest absolute Gasteiger partial charge is 0.346 e. The molecule has 0 aliphatic rings. The molecule has 1 aromatic carbocycles. The first kappa shape index (κ1) is 19.3. The van der Waals surface area contributed by atoms with Gasteiger partial charge in [-0.1, -0.05) is 49.7 Å². The molecule has 0 saturated carbocycles. The standard InChI is InChI=1S/C19H23N5O2S/c1-4-5-9-14(12(2)25)20-16(26)11-27-19-21-18-17(22-23-19)13-8-6-7-10-15(13)24(18)3/h6-8,10,14H,4-5,9,11H2,1-3H3,(H,20,26)/t14-/m0/s1. The van der Waals surface area contributed by atoms with Gasteiger partial charge in [-0.15, -0.1) is 10.2 Å². The smallest absolute Gasteiger partial charge is 0.231 e. The fraction of sp³-hybridized carbons (Fsp3) is 0.421. The summed E-state index contributed by atoms with van der Waals surface area (Å²) in [6, 6.07) is 7.51. The maximum atomic E-state index is 12.2. The van der Waals surface area contributed by atoms with Crippen LogP contribution in [0.25, 0.3) is 22.1 Å². The lowest BCUT2D eigenvalue weighted by Crippen LogP contribution is -2.40. The molecule has 2 aromatic heterocycles. The lowest BCUT2D eigenvalue weighted by molar-refractivity contribution is -0.125. The summed E-state index contributed by atoms with van der Waals surface area (Å²) in [7, 11) is 1.94. The number of nitrogens with zero attached hydrogens (tertiary/aromatic N) is 4. The van der Waals surface area contributed by atoms with Gasteiger partial charge in [-0.25, -0.2) is 4.98 Å². The second-order valence-electron chi connectivity index (χ2n) is 6.50. The van der Waals surface area contributed by atoms with Crippen molar-refractivity contribution in [2.75, 3.05) is 5.75 Å². The summed E-state index contributed by atoms with van der Waals surface area (Å²) < 4.78 is 1.97. The number of ketones is 1. The van der Waals surface area contributed by atoms with Crippen molar-refractivity contribution in [3.05, 3.63) is 24.3 Å². The number of hydrogen-bond donors (Lipinski definition) is 1. The maximum Gasteiger partial charge on any atom is 0.231 e. The van der Waals surface area contributed by atoms with Crippen LogP contribution in [0.1, 0.15) is 33.1 Å². The third-order valence-corrected chi connectivity index (χ3v) is 5.33. The third kappa shape index (κ3) is 4.27. The maximum absolute atomic E-state index is 12.2. The SMILES string of the molecule is CCCC[C@H](NC(=O)CSc1nnc2c3ccccc3n(C)c2n1)C(C)=O. The van der Waals surface area contributed by atoms with Crippen molar-refractivity contribution in [1.29, 1.82) is 0 Å². The van der Waals surface area contributed by atoms with Gasteiger partial charge >= 0.3 is 0 Å². The number of Topliss-reactive ketones (excluding diaryl/α,β-unsaturated/α-hetero) is 1. The Kier molecular flexibility index (Phi) is 6.05. The molecule has 0 fully saturated rings. The molecular formula is C19H23N5O2S. The van der Waals surface area contributed by atoms with E-state index in [1.165, 1.54) is 18.7 Å². The van der Waals surface area contributed by atoms with E-state index in [9.17, 15) is 9.59 Å². The molecule has 0 radical (unpaired) electrons. The molecule has 8 heteroatoms. The second kappa shape index (κ2) is 8.47. The molecule has 3 aromatic rings. The molecule has 2 heterocycles. The van der Waals surface area contributed by atoms with Crippen LogP contribution >= 0.6 is 11.8 Å². The van der Waals surface area contributed by atoms with E-state index in [0.717, 1.165) is 34.9 Å². The molecular weight excluding hydrogens is 362 g/mol. The molecule has 27 heavy (non-hydrogen) atoms. The van der Waals surface area contributed by atoms with Crippen LogP contribution in [0.5, 0.6) is 0 Å². The van der Waals surface area contributed by atoms with Gasteiger partial charge < -0.3 is 9.88 Å². The molecule has 0 bridgehead atoms. The third-order valence-electron chi connectivity index (χ3n) is 4.49. The van der Waals surface area contributed by atoms with Crippen LogP contribution in [0.15, 0.2) is 29.4 Å². The Morgan fingerprint density at radius 3 is 2.78 bits per heavy atom. The van der Waals surface area contributed by atoms with Crippen molar-refractivity contribution in [1.82, 2.24) is 25.1 Å². The Bertz CT molecular complexity index is 985. The summed E-state index contributed by atoms with van der Waals surface area (Å²) in [6.45, 7) is 3.57. The van der Waals surface area contributed by atoms with Crippen molar-refractivity contribution in [2.24, 2.45) is 7.05 Å². The van der Waals surface area contributed by atoms with Crippen LogP contribution in [0.2, 0.25) is 0 Å². The van der Waals surface area contributed by atoms with Gasteiger partial charge in [0, 0.05) is 12.4 Å². The number of unbranched alkanes of at least 4 members (excludes halogenated alkanes) is 1. The van der Waals surface area contributed by atoms with Crippen molar-refractivity contribution in [3.8, 4) is 0 Å². The zero-order chi connectivity index (χ0) is 19.4. The number of aromatic nitrogens is 4.